The second-order valence-corrected chi connectivity index (χ2v) is 9.49. The highest BCUT2D eigenvalue weighted by molar-refractivity contribution is 7.07. The minimum atomic E-state index is -0.769. The zero-order chi connectivity index (χ0) is 26.1. The molecule has 0 saturated heterocycles. The molecular weight excluding hydrogens is 488 g/mol. The molecule has 0 aliphatic carbocycles. The largest absolute Gasteiger partial charge is 0.497 e. The number of ether oxygens (including phenoxy) is 3. The van der Waals surface area contributed by atoms with E-state index in [1.165, 1.54) is 11.3 Å². The molecule has 1 aliphatic heterocycles. The third-order valence-corrected chi connectivity index (χ3v) is 7.34. The SMILES string of the molecule is CCOC(=O)C1=C(C)N=c2s/c(=C\c3ccc(OC)cc3)c(=O)n2C1c1c(OC)ccc2ccccc12. The molecule has 1 aromatic heterocycles. The highest BCUT2D eigenvalue weighted by atomic mass is 32.1. The Bertz CT molecular complexity index is 1710. The summed E-state index contributed by atoms with van der Waals surface area (Å²) in [5.74, 6) is 0.800. The summed E-state index contributed by atoms with van der Waals surface area (Å²) in [5.41, 5.74) is 2.16. The fourth-order valence-corrected chi connectivity index (χ4v) is 5.70. The molecule has 1 unspecified atom stereocenters. The fourth-order valence-electron chi connectivity index (χ4n) is 4.65. The standard InChI is InChI=1S/C29H26N2O5S/c1-5-36-28(33)24-17(2)30-29-31(27(32)23(37-29)16-18-10-13-20(34-3)14-11-18)26(24)25-21-9-7-6-8-19(21)12-15-22(25)35-4/h6-16,26H,5H2,1-4H3/b23-16-. The number of methoxy groups -OCH3 is 2. The van der Waals surface area contributed by atoms with Crippen LogP contribution in [-0.4, -0.2) is 31.4 Å². The molecular formula is C29H26N2O5S. The number of carbonyl (C=O) groups excluding carboxylic acids is 1. The molecule has 0 N–H and O–H groups in total. The Labute approximate surface area is 217 Å². The van der Waals surface area contributed by atoms with Crippen LogP contribution in [0.4, 0.5) is 0 Å². The van der Waals surface area contributed by atoms with E-state index in [4.69, 9.17) is 14.2 Å². The van der Waals surface area contributed by atoms with Gasteiger partial charge < -0.3 is 14.2 Å². The molecule has 0 saturated carbocycles. The van der Waals surface area contributed by atoms with Crippen LogP contribution < -0.4 is 24.4 Å². The van der Waals surface area contributed by atoms with Gasteiger partial charge in [0.05, 0.1) is 36.6 Å². The molecule has 2 heterocycles. The molecule has 5 rings (SSSR count). The predicted octanol–water partition coefficient (Wildman–Crippen LogP) is 3.97. The first-order valence-electron chi connectivity index (χ1n) is 11.9. The molecule has 0 radical (unpaired) electrons. The van der Waals surface area contributed by atoms with Crippen LogP contribution in [0.3, 0.4) is 0 Å². The number of carbonyl (C=O) groups is 1. The first-order valence-corrected chi connectivity index (χ1v) is 12.7. The summed E-state index contributed by atoms with van der Waals surface area (Å²) in [5, 5.41) is 1.85. The number of benzene rings is 3. The van der Waals surface area contributed by atoms with Gasteiger partial charge in [-0.2, -0.15) is 0 Å². The monoisotopic (exact) mass is 514 g/mol. The molecule has 0 amide bonds. The number of rotatable bonds is 6. The van der Waals surface area contributed by atoms with Gasteiger partial charge in [-0.25, -0.2) is 9.79 Å². The van der Waals surface area contributed by atoms with Gasteiger partial charge in [-0.05, 0) is 54.5 Å². The number of hydrogen-bond acceptors (Lipinski definition) is 7. The van der Waals surface area contributed by atoms with Crippen molar-refractivity contribution in [3.8, 4) is 11.5 Å². The van der Waals surface area contributed by atoms with Crippen molar-refractivity contribution in [1.29, 1.82) is 0 Å². The molecule has 37 heavy (non-hydrogen) atoms. The zero-order valence-corrected chi connectivity index (χ0v) is 21.8. The molecule has 7 nitrogen and oxygen atoms in total. The maximum absolute atomic E-state index is 13.9. The van der Waals surface area contributed by atoms with Crippen molar-refractivity contribution < 1.29 is 19.0 Å². The topological polar surface area (TPSA) is 79.1 Å². The summed E-state index contributed by atoms with van der Waals surface area (Å²) >= 11 is 1.28. The first kappa shape index (κ1) is 24.5. The lowest BCUT2D eigenvalue weighted by atomic mass is 9.90. The normalized spacial score (nSPS) is 15.4. The van der Waals surface area contributed by atoms with E-state index in [0.29, 0.717) is 26.4 Å². The molecule has 8 heteroatoms. The third-order valence-electron chi connectivity index (χ3n) is 6.35. The second kappa shape index (κ2) is 10.1. The Kier molecular flexibility index (Phi) is 6.67. The Morgan fingerprint density at radius 2 is 1.81 bits per heavy atom. The molecule has 0 fully saturated rings. The van der Waals surface area contributed by atoms with Crippen LogP contribution in [0.5, 0.6) is 11.5 Å². The Morgan fingerprint density at radius 3 is 2.51 bits per heavy atom. The predicted molar refractivity (Wildman–Crippen MR) is 144 cm³/mol. The van der Waals surface area contributed by atoms with Crippen molar-refractivity contribution in [1.82, 2.24) is 4.57 Å². The Balaban J connectivity index is 1.82. The van der Waals surface area contributed by atoms with E-state index >= 15 is 0 Å². The van der Waals surface area contributed by atoms with E-state index in [1.54, 1.807) is 32.6 Å². The molecule has 0 bridgehead atoms. The van der Waals surface area contributed by atoms with Crippen LogP contribution in [0, 0.1) is 0 Å². The van der Waals surface area contributed by atoms with Gasteiger partial charge in [0.25, 0.3) is 5.56 Å². The van der Waals surface area contributed by atoms with Gasteiger partial charge in [-0.3, -0.25) is 9.36 Å². The third kappa shape index (κ3) is 4.34. The van der Waals surface area contributed by atoms with Crippen LogP contribution in [0.25, 0.3) is 16.8 Å². The summed E-state index contributed by atoms with van der Waals surface area (Å²) < 4.78 is 18.5. The number of allylic oxidation sites excluding steroid dienone is 1. The van der Waals surface area contributed by atoms with Gasteiger partial charge in [-0.15, -0.1) is 0 Å². The Hall–Kier alpha value is -4.17. The van der Waals surface area contributed by atoms with Gasteiger partial charge >= 0.3 is 5.97 Å². The van der Waals surface area contributed by atoms with E-state index in [-0.39, 0.29) is 12.2 Å². The van der Waals surface area contributed by atoms with Crippen LogP contribution in [-0.2, 0) is 9.53 Å². The summed E-state index contributed by atoms with van der Waals surface area (Å²) in [7, 11) is 3.19. The lowest BCUT2D eigenvalue weighted by molar-refractivity contribution is -0.139. The van der Waals surface area contributed by atoms with Crippen molar-refractivity contribution in [2.45, 2.75) is 19.9 Å². The molecule has 1 aliphatic rings. The number of thiazole rings is 1. The molecule has 188 valence electrons. The molecule has 4 aromatic rings. The average molecular weight is 515 g/mol. The number of aromatic nitrogens is 1. The second-order valence-electron chi connectivity index (χ2n) is 8.48. The quantitative estimate of drug-likeness (QED) is 0.364. The van der Waals surface area contributed by atoms with E-state index in [9.17, 15) is 9.59 Å². The summed E-state index contributed by atoms with van der Waals surface area (Å²) in [6, 6.07) is 18.4. The fraction of sp³-hybridized carbons (Fsp3) is 0.207. The van der Waals surface area contributed by atoms with Gasteiger partial charge in [0.1, 0.15) is 17.5 Å². The van der Waals surface area contributed by atoms with E-state index in [1.807, 2.05) is 66.7 Å². The van der Waals surface area contributed by atoms with Gasteiger partial charge in [-0.1, -0.05) is 53.8 Å². The van der Waals surface area contributed by atoms with Gasteiger partial charge in [0, 0.05) is 5.56 Å². The van der Waals surface area contributed by atoms with Gasteiger partial charge in [0.2, 0.25) is 0 Å². The number of nitrogens with zero attached hydrogens (tertiary/aromatic N) is 2. The summed E-state index contributed by atoms with van der Waals surface area (Å²) in [6.07, 6.45) is 1.82. The van der Waals surface area contributed by atoms with Crippen molar-refractivity contribution in [3.05, 3.63) is 103 Å². The maximum atomic E-state index is 13.9. The average Bonchev–Trinajstić information content (AvgIpc) is 3.21. The smallest absolute Gasteiger partial charge is 0.338 e. The van der Waals surface area contributed by atoms with E-state index in [0.717, 1.165) is 27.6 Å². The number of esters is 1. The van der Waals surface area contributed by atoms with Crippen molar-refractivity contribution in [2.24, 2.45) is 4.99 Å². The molecule has 1 atom stereocenters. The first-order chi connectivity index (χ1) is 18.0. The molecule has 0 spiro atoms. The summed E-state index contributed by atoms with van der Waals surface area (Å²) in [6.45, 7) is 3.74. The van der Waals surface area contributed by atoms with Crippen molar-refractivity contribution in [3.63, 3.8) is 0 Å². The lowest BCUT2D eigenvalue weighted by Gasteiger charge is -2.27. The van der Waals surface area contributed by atoms with Crippen LogP contribution in [0.1, 0.15) is 31.0 Å². The van der Waals surface area contributed by atoms with Crippen molar-refractivity contribution in [2.75, 3.05) is 20.8 Å². The lowest BCUT2D eigenvalue weighted by Crippen LogP contribution is -2.40. The number of fused-ring (bicyclic) bond motifs is 2. The minimum Gasteiger partial charge on any atom is -0.497 e. The van der Waals surface area contributed by atoms with E-state index in [2.05, 4.69) is 4.99 Å². The van der Waals surface area contributed by atoms with Crippen LogP contribution >= 0.6 is 11.3 Å². The minimum absolute atomic E-state index is 0.205. The summed E-state index contributed by atoms with van der Waals surface area (Å²) in [4.78, 5) is 32.4. The maximum Gasteiger partial charge on any atom is 0.338 e. The highest BCUT2D eigenvalue weighted by Crippen LogP contribution is 2.40. The molecule has 3 aromatic carbocycles. The van der Waals surface area contributed by atoms with Gasteiger partial charge in [0.15, 0.2) is 4.80 Å². The number of hydrogen-bond donors (Lipinski definition) is 0. The van der Waals surface area contributed by atoms with E-state index < -0.39 is 12.0 Å². The van der Waals surface area contributed by atoms with Crippen molar-refractivity contribution >= 4 is 34.2 Å². The van der Waals surface area contributed by atoms with Crippen LogP contribution in [0.15, 0.2) is 81.7 Å². The highest BCUT2D eigenvalue weighted by Gasteiger charge is 2.36. The zero-order valence-electron chi connectivity index (χ0n) is 21.0. The van der Waals surface area contributed by atoms with Crippen LogP contribution in [0.2, 0.25) is 0 Å². The Morgan fingerprint density at radius 1 is 1.05 bits per heavy atom.